The number of ether oxygens (including phenoxy) is 1. The predicted octanol–water partition coefficient (Wildman–Crippen LogP) is 2.69. The Labute approximate surface area is 160 Å². The average molecular weight is 396 g/mol. The summed E-state index contributed by atoms with van der Waals surface area (Å²) in [4.78, 5) is 15.4. The maximum absolute atomic E-state index is 13.4. The van der Waals surface area contributed by atoms with Crippen molar-refractivity contribution >= 4 is 16.3 Å². The van der Waals surface area contributed by atoms with Crippen LogP contribution < -0.4 is 0 Å². The predicted molar refractivity (Wildman–Crippen MR) is 100 cm³/mol. The van der Waals surface area contributed by atoms with E-state index in [-0.39, 0.29) is 6.09 Å². The highest BCUT2D eigenvalue weighted by atomic mass is 32.3. The lowest BCUT2D eigenvalue weighted by Crippen LogP contribution is -2.49. The minimum atomic E-state index is -4.84. The van der Waals surface area contributed by atoms with E-state index < -0.39 is 20.7 Å². The molecule has 6 nitrogen and oxygen atoms in total. The summed E-state index contributed by atoms with van der Waals surface area (Å²) in [6.45, 7) is 9.85. The van der Waals surface area contributed by atoms with Crippen LogP contribution in [0.15, 0.2) is 17.0 Å². The van der Waals surface area contributed by atoms with E-state index in [0.29, 0.717) is 43.9 Å². The number of rotatable bonds is 3. The fourth-order valence-corrected chi connectivity index (χ4v) is 3.40. The molecule has 1 aliphatic heterocycles. The molecule has 0 bridgehead atoms. The maximum Gasteiger partial charge on any atom is 0.410 e. The summed E-state index contributed by atoms with van der Waals surface area (Å²) in [6, 6.07) is 2.50. The Morgan fingerprint density at radius 1 is 1.26 bits per heavy atom. The quantitative estimate of drug-likeness (QED) is 0.581. The van der Waals surface area contributed by atoms with Gasteiger partial charge in [0.1, 0.15) is 10.5 Å². The van der Waals surface area contributed by atoms with Crippen molar-refractivity contribution in [2.24, 2.45) is 0 Å². The van der Waals surface area contributed by atoms with Gasteiger partial charge in [0.25, 0.3) is 0 Å². The smallest absolute Gasteiger partial charge is 0.410 e. The van der Waals surface area contributed by atoms with Gasteiger partial charge in [-0.05, 0) is 51.0 Å². The Kier molecular flexibility index (Phi) is 6.17. The van der Waals surface area contributed by atoms with Gasteiger partial charge in [0, 0.05) is 38.3 Å². The maximum atomic E-state index is 13.4. The largest absolute Gasteiger partial charge is 0.444 e. The molecule has 1 heterocycles. The molecule has 1 aromatic rings. The van der Waals surface area contributed by atoms with Gasteiger partial charge in [-0.15, -0.1) is 10.3 Å². The van der Waals surface area contributed by atoms with Crippen molar-refractivity contribution in [3.05, 3.63) is 28.8 Å². The Bertz CT molecular complexity index is 861. The fraction of sp³-hybridized carbons (Fsp3) is 0.526. The molecule has 148 valence electrons. The van der Waals surface area contributed by atoms with E-state index in [2.05, 4.69) is 10.8 Å². The molecule has 0 spiro atoms. The monoisotopic (exact) mass is 396 g/mol. The van der Waals surface area contributed by atoms with Gasteiger partial charge in [0.15, 0.2) is 0 Å². The first-order valence-electron chi connectivity index (χ1n) is 8.66. The van der Waals surface area contributed by atoms with Gasteiger partial charge in [-0.1, -0.05) is 5.92 Å². The van der Waals surface area contributed by atoms with Crippen molar-refractivity contribution in [1.29, 1.82) is 0 Å². The molecule has 0 aromatic heterocycles. The van der Waals surface area contributed by atoms with Gasteiger partial charge in [0.05, 0.1) is 0 Å². The number of hydrogen-bond acceptors (Lipinski definition) is 5. The van der Waals surface area contributed by atoms with Gasteiger partial charge < -0.3 is 9.64 Å². The highest BCUT2D eigenvalue weighted by Crippen LogP contribution is 2.23. The SMILES string of the molecule is C#Cc1cc(S(=O)(=O)F)cc(CN2CCN(C(=O)OC(C)(C)C)CC2)c1C. The van der Waals surface area contributed by atoms with E-state index >= 15 is 0 Å². The number of halogens is 1. The molecule has 1 fully saturated rings. The van der Waals surface area contributed by atoms with E-state index in [1.165, 1.54) is 12.1 Å². The molecule has 1 aliphatic rings. The van der Waals surface area contributed by atoms with Crippen LogP contribution in [0, 0.1) is 19.3 Å². The van der Waals surface area contributed by atoms with Crippen molar-refractivity contribution in [3.8, 4) is 12.3 Å². The first-order valence-corrected chi connectivity index (χ1v) is 10.0. The number of benzene rings is 1. The summed E-state index contributed by atoms with van der Waals surface area (Å²) in [5, 5.41) is 0. The van der Waals surface area contributed by atoms with Gasteiger partial charge in [-0.25, -0.2) is 4.79 Å². The van der Waals surface area contributed by atoms with Gasteiger partial charge in [0.2, 0.25) is 0 Å². The zero-order valence-electron chi connectivity index (χ0n) is 16.1. The third-order valence-corrected chi connectivity index (χ3v) is 5.14. The van der Waals surface area contributed by atoms with Crippen molar-refractivity contribution < 1.29 is 21.8 Å². The summed E-state index contributed by atoms with van der Waals surface area (Å²) in [5.74, 6) is 2.41. The Morgan fingerprint density at radius 3 is 2.33 bits per heavy atom. The molecule has 0 saturated carbocycles. The molecule has 0 N–H and O–H groups in total. The van der Waals surface area contributed by atoms with E-state index in [1.807, 2.05) is 20.8 Å². The van der Waals surface area contributed by atoms with E-state index in [9.17, 15) is 17.1 Å². The number of amides is 1. The second-order valence-electron chi connectivity index (χ2n) is 7.58. The zero-order chi connectivity index (χ0) is 20.4. The van der Waals surface area contributed by atoms with Crippen LogP contribution in [0.4, 0.5) is 8.68 Å². The molecule has 2 rings (SSSR count). The van der Waals surface area contributed by atoms with Crippen LogP contribution in [0.3, 0.4) is 0 Å². The van der Waals surface area contributed by atoms with Crippen molar-refractivity contribution in [2.75, 3.05) is 26.2 Å². The van der Waals surface area contributed by atoms with Crippen LogP contribution in [0.2, 0.25) is 0 Å². The van der Waals surface area contributed by atoms with Crippen LogP contribution in [-0.4, -0.2) is 56.1 Å². The minimum Gasteiger partial charge on any atom is -0.444 e. The van der Waals surface area contributed by atoms with Crippen molar-refractivity contribution in [2.45, 2.75) is 44.7 Å². The van der Waals surface area contributed by atoms with Crippen molar-refractivity contribution in [1.82, 2.24) is 9.80 Å². The molecule has 0 radical (unpaired) electrons. The van der Waals surface area contributed by atoms with Crippen LogP contribution in [0.5, 0.6) is 0 Å². The fourth-order valence-electron chi connectivity index (χ4n) is 2.86. The number of carbonyl (C=O) groups excluding carboxylic acids is 1. The van der Waals surface area contributed by atoms with Gasteiger partial charge >= 0.3 is 16.3 Å². The van der Waals surface area contributed by atoms with Crippen LogP contribution in [0.25, 0.3) is 0 Å². The summed E-state index contributed by atoms with van der Waals surface area (Å²) in [6.07, 6.45) is 5.08. The third kappa shape index (κ3) is 5.68. The molecule has 1 aromatic carbocycles. The lowest BCUT2D eigenvalue weighted by molar-refractivity contribution is 0.0139. The molecule has 0 atom stereocenters. The van der Waals surface area contributed by atoms with Gasteiger partial charge in [-0.3, -0.25) is 4.90 Å². The molecule has 0 unspecified atom stereocenters. The lowest BCUT2D eigenvalue weighted by Gasteiger charge is -2.35. The van der Waals surface area contributed by atoms with E-state index in [0.717, 1.165) is 5.56 Å². The number of piperazine rings is 1. The normalized spacial score (nSPS) is 16.1. The zero-order valence-corrected chi connectivity index (χ0v) is 16.9. The highest BCUT2D eigenvalue weighted by Gasteiger charge is 2.26. The second-order valence-corrected chi connectivity index (χ2v) is 8.93. The minimum absolute atomic E-state index is 0.349. The highest BCUT2D eigenvalue weighted by molar-refractivity contribution is 7.86. The molecule has 1 saturated heterocycles. The lowest BCUT2D eigenvalue weighted by atomic mass is 10.0. The Hall–Kier alpha value is -2.11. The van der Waals surface area contributed by atoms with Crippen LogP contribution in [0.1, 0.15) is 37.5 Å². The summed E-state index contributed by atoms with van der Waals surface area (Å²) >= 11 is 0. The standard InChI is InChI=1S/C19H25FN2O4S/c1-6-15-11-17(27(20,24)25)12-16(14(15)2)13-21-7-9-22(10-8-21)18(23)26-19(3,4)5/h1,11-12H,7-10,13H2,2-5H3. The number of nitrogens with zero attached hydrogens (tertiary/aromatic N) is 2. The average Bonchev–Trinajstić information content (AvgIpc) is 2.54. The Morgan fingerprint density at radius 2 is 1.85 bits per heavy atom. The first-order chi connectivity index (χ1) is 12.4. The number of carbonyl (C=O) groups is 1. The summed E-state index contributed by atoms with van der Waals surface area (Å²) in [7, 11) is -4.84. The molecular weight excluding hydrogens is 371 g/mol. The van der Waals surface area contributed by atoms with Crippen LogP contribution in [-0.2, 0) is 21.5 Å². The number of terminal acetylenes is 1. The van der Waals surface area contributed by atoms with E-state index in [4.69, 9.17) is 11.2 Å². The summed E-state index contributed by atoms with van der Waals surface area (Å²) in [5.41, 5.74) is 1.22. The van der Waals surface area contributed by atoms with E-state index in [1.54, 1.807) is 11.8 Å². The van der Waals surface area contributed by atoms with Crippen LogP contribution >= 0.6 is 0 Å². The molecular formula is C19H25FN2O4S. The Balaban J connectivity index is 2.09. The number of hydrogen-bond donors (Lipinski definition) is 0. The van der Waals surface area contributed by atoms with Gasteiger partial charge in [-0.2, -0.15) is 8.42 Å². The second kappa shape index (κ2) is 7.87. The molecule has 0 aliphatic carbocycles. The topological polar surface area (TPSA) is 66.9 Å². The summed E-state index contributed by atoms with van der Waals surface area (Å²) < 4.78 is 41.4. The van der Waals surface area contributed by atoms with Crippen molar-refractivity contribution in [3.63, 3.8) is 0 Å². The third-order valence-electron chi connectivity index (χ3n) is 4.34. The molecule has 1 amide bonds. The first kappa shape index (κ1) is 21.2. The molecule has 27 heavy (non-hydrogen) atoms. The molecule has 8 heteroatoms.